The molecular formula is C20H20F4N2O. The van der Waals surface area contributed by atoms with E-state index in [1.54, 1.807) is 0 Å². The second kappa shape index (κ2) is 8.08. The Morgan fingerprint density at radius 3 is 2.59 bits per heavy atom. The van der Waals surface area contributed by atoms with Gasteiger partial charge in [-0.05, 0) is 42.6 Å². The van der Waals surface area contributed by atoms with Crippen molar-refractivity contribution in [2.45, 2.75) is 38.1 Å². The van der Waals surface area contributed by atoms with E-state index in [1.165, 1.54) is 0 Å². The summed E-state index contributed by atoms with van der Waals surface area (Å²) in [6, 6.07) is 11.8. The average molecular weight is 380 g/mol. The molecule has 1 aliphatic rings. The van der Waals surface area contributed by atoms with Crippen LogP contribution in [-0.2, 0) is 24.1 Å². The molecule has 2 aromatic rings. The molecule has 144 valence electrons. The van der Waals surface area contributed by atoms with Gasteiger partial charge in [0.15, 0.2) is 0 Å². The van der Waals surface area contributed by atoms with Crippen LogP contribution in [0.15, 0.2) is 48.5 Å². The minimum absolute atomic E-state index is 0.148. The summed E-state index contributed by atoms with van der Waals surface area (Å²) in [5.41, 5.74) is -0.129. The molecule has 3 rings (SSSR count). The molecule has 7 heteroatoms. The zero-order chi connectivity index (χ0) is 19.4. The van der Waals surface area contributed by atoms with Crippen LogP contribution in [-0.4, -0.2) is 23.4 Å². The number of carbonyl (C=O) groups excluding carboxylic acids is 1. The van der Waals surface area contributed by atoms with E-state index >= 15 is 0 Å². The molecule has 1 unspecified atom stereocenters. The Morgan fingerprint density at radius 2 is 1.89 bits per heavy atom. The number of halogens is 4. The summed E-state index contributed by atoms with van der Waals surface area (Å²) in [7, 11) is 0. The standard InChI is InChI=1S/C20H20F4N2O/c21-16-9-8-15(17(11-16)20(22,23)24)12-25-19(27)18-7-4-10-26(18)13-14-5-2-1-3-6-14/h1-3,5-6,8-9,11,18H,4,7,10,12-13H2,(H,25,27). The molecule has 2 aromatic carbocycles. The molecule has 1 N–H and O–H groups in total. The SMILES string of the molecule is O=C(NCc1ccc(F)cc1C(F)(F)F)C1CCCN1Cc1ccccc1. The summed E-state index contributed by atoms with van der Waals surface area (Å²) in [4.78, 5) is 14.6. The number of amides is 1. The first kappa shape index (κ1) is 19.4. The number of hydrogen-bond donors (Lipinski definition) is 1. The van der Waals surface area contributed by atoms with Crippen LogP contribution in [0.1, 0.15) is 29.5 Å². The van der Waals surface area contributed by atoms with Crippen LogP contribution >= 0.6 is 0 Å². The first-order valence-corrected chi connectivity index (χ1v) is 8.76. The summed E-state index contributed by atoms with van der Waals surface area (Å²) in [5.74, 6) is -1.26. The van der Waals surface area contributed by atoms with E-state index in [-0.39, 0.29) is 24.1 Å². The predicted octanol–water partition coefficient (Wildman–Crippen LogP) is 4.13. The van der Waals surface area contributed by atoms with Crippen LogP contribution in [0.5, 0.6) is 0 Å². The summed E-state index contributed by atoms with van der Waals surface area (Å²) in [6.45, 7) is 1.09. The molecule has 1 fully saturated rings. The molecule has 1 saturated heterocycles. The van der Waals surface area contributed by atoms with Crippen molar-refractivity contribution in [2.75, 3.05) is 6.54 Å². The first-order valence-electron chi connectivity index (χ1n) is 8.76. The Labute approximate surface area is 155 Å². The van der Waals surface area contributed by atoms with Gasteiger partial charge in [-0.3, -0.25) is 9.69 Å². The molecule has 0 bridgehead atoms. The van der Waals surface area contributed by atoms with Gasteiger partial charge >= 0.3 is 6.18 Å². The highest BCUT2D eigenvalue weighted by molar-refractivity contribution is 5.82. The van der Waals surface area contributed by atoms with E-state index in [2.05, 4.69) is 5.32 Å². The summed E-state index contributed by atoms with van der Waals surface area (Å²) in [6.07, 6.45) is -3.15. The fourth-order valence-electron chi connectivity index (χ4n) is 3.40. The van der Waals surface area contributed by atoms with Gasteiger partial charge in [-0.2, -0.15) is 13.2 Å². The number of alkyl halides is 3. The number of likely N-dealkylation sites (tertiary alicyclic amines) is 1. The Balaban J connectivity index is 1.65. The van der Waals surface area contributed by atoms with Crippen molar-refractivity contribution in [1.29, 1.82) is 0 Å². The second-order valence-electron chi connectivity index (χ2n) is 6.63. The van der Waals surface area contributed by atoms with Crippen molar-refractivity contribution in [3.63, 3.8) is 0 Å². The van der Waals surface area contributed by atoms with E-state index in [1.807, 2.05) is 35.2 Å². The van der Waals surface area contributed by atoms with Gasteiger partial charge in [0.25, 0.3) is 0 Å². The molecule has 0 saturated carbocycles. The molecule has 27 heavy (non-hydrogen) atoms. The molecule has 0 aromatic heterocycles. The van der Waals surface area contributed by atoms with Gasteiger partial charge < -0.3 is 5.32 Å². The first-order chi connectivity index (χ1) is 12.8. The quantitative estimate of drug-likeness (QED) is 0.792. The predicted molar refractivity (Wildman–Crippen MR) is 93.1 cm³/mol. The number of rotatable bonds is 5. The highest BCUT2D eigenvalue weighted by Crippen LogP contribution is 2.32. The zero-order valence-corrected chi connectivity index (χ0v) is 14.6. The minimum atomic E-state index is -4.67. The fourth-order valence-corrected chi connectivity index (χ4v) is 3.40. The number of nitrogens with one attached hydrogen (secondary N) is 1. The highest BCUT2D eigenvalue weighted by atomic mass is 19.4. The zero-order valence-electron chi connectivity index (χ0n) is 14.6. The van der Waals surface area contributed by atoms with Gasteiger partial charge in [0.2, 0.25) is 5.91 Å². The van der Waals surface area contributed by atoms with Crippen molar-refractivity contribution in [1.82, 2.24) is 10.2 Å². The van der Waals surface area contributed by atoms with Crippen LogP contribution in [0.2, 0.25) is 0 Å². The molecule has 1 heterocycles. The second-order valence-corrected chi connectivity index (χ2v) is 6.63. The lowest BCUT2D eigenvalue weighted by atomic mass is 10.1. The third-order valence-electron chi connectivity index (χ3n) is 4.73. The Bertz CT molecular complexity index is 792. The lowest BCUT2D eigenvalue weighted by Crippen LogP contribution is -2.42. The summed E-state index contributed by atoms with van der Waals surface area (Å²) < 4.78 is 52.4. The maximum atomic E-state index is 13.2. The number of hydrogen-bond acceptors (Lipinski definition) is 2. The van der Waals surface area contributed by atoms with Gasteiger partial charge in [0, 0.05) is 13.1 Å². The molecule has 1 atom stereocenters. The third kappa shape index (κ3) is 4.86. The molecule has 0 aliphatic carbocycles. The monoisotopic (exact) mass is 380 g/mol. The average Bonchev–Trinajstić information content (AvgIpc) is 3.08. The summed E-state index contributed by atoms with van der Waals surface area (Å²) >= 11 is 0. The van der Waals surface area contributed by atoms with Gasteiger partial charge in [-0.25, -0.2) is 4.39 Å². The smallest absolute Gasteiger partial charge is 0.351 e. The molecule has 1 amide bonds. The van der Waals surface area contributed by atoms with E-state index in [0.717, 1.165) is 30.7 Å². The minimum Gasteiger partial charge on any atom is -0.351 e. The van der Waals surface area contributed by atoms with Crippen LogP contribution < -0.4 is 5.32 Å². The number of benzene rings is 2. The number of nitrogens with zero attached hydrogens (tertiary/aromatic N) is 1. The van der Waals surface area contributed by atoms with E-state index in [4.69, 9.17) is 0 Å². The van der Waals surface area contributed by atoms with Crippen LogP contribution in [0, 0.1) is 5.82 Å². The third-order valence-corrected chi connectivity index (χ3v) is 4.73. The Hall–Kier alpha value is -2.41. The molecule has 0 spiro atoms. The Morgan fingerprint density at radius 1 is 1.15 bits per heavy atom. The van der Waals surface area contributed by atoms with Crippen molar-refractivity contribution in [3.05, 3.63) is 71.0 Å². The van der Waals surface area contributed by atoms with Gasteiger partial charge in [0.05, 0.1) is 11.6 Å². The van der Waals surface area contributed by atoms with Crippen molar-refractivity contribution in [2.24, 2.45) is 0 Å². The van der Waals surface area contributed by atoms with Gasteiger partial charge in [-0.15, -0.1) is 0 Å². The normalized spacial score (nSPS) is 17.9. The number of carbonyl (C=O) groups is 1. The topological polar surface area (TPSA) is 32.3 Å². The van der Waals surface area contributed by atoms with Crippen LogP contribution in [0.25, 0.3) is 0 Å². The highest BCUT2D eigenvalue weighted by Gasteiger charge is 2.34. The molecule has 0 radical (unpaired) electrons. The molecular weight excluding hydrogens is 360 g/mol. The molecule has 1 aliphatic heterocycles. The largest absolute Gasteiger partial charge is 0.416 e. The maximum absolute atomic E-state index is 13.2. The van der Waals surface area contributed by atoms with Crippen molar-refractivity contribution >= 4 is 5.91 Å². The lowest BCUT2D eigenvalue weighted by molar-refractivity contribution is -0.138. The van der Waals surface area contributed by atoms with Crippen molar-refractivity contribution in [3.8, 4) is 0 Å². The maximum Gasteiger partial charge on any atom is 0.416 e. The van der Waals surface area contributed by atoms with E-state index < -0.39 is 17.6 Å². The van der Waals surface area contributed by atoms with E-state index in [9.17, 15) is 22.4 Å². The van der Waals surface area contributed by atoms with Crippen LogP contribution in [0.4, 0.5) is 17.6 Å². The molecule has 3 nitrogen and oxygen atoms in total. The van der Waals surface area contributed by atoms with E-state index in [0.29, 0.717) is 19.0 Å². The van der Waals surface area contributed by atoms with Gasteiger partial charge in [-0.1, -0.05) is 36.4 Å². The Kier molecular flexibility index (Phi) is 5.79. The lowest BCUT2D eigenvalue weighted by Gasteiger charge is -2.24. The summed E-state index contributed by atoms with van der Waals surface area (Å²) in [5, 5.41) is 2.59. The fraction of sp³-hybridized carbons (Fsp3) is 0.350. The van der Waals surface area contributed by atoms with Crippen molar-refractivity contribution < 1.29 is 22.4 Å². The van der Waals surface area contributed by atoms with Gasteiger partial charge in [0.1, 0.15) is 5.82 Å². The van der Waals surface area contributed by atoms with Crippen LogP contribution in [0.3, 0.4) is 0 Å².